The van der Waals surface area contributed by atoms with Gasteiger partial charge in [-0.25, -0.2) is 0 Å². The van der Waals surface area contributed by atoms with E-state index in [0.717, 1.165) is 5.69 Å². The predicted molar refractivity (Wildman–Crippen MR) is 105 cm³/mol. The Morgan fingerprint density at radius 2 is 1.46 bits per heavy atom. The molecule has 0 fully saturated rings. The van der Waals surface area contributed by atoms with Gasteiger partial charge < -0.3 is 10.2 Å². The maximum atomic E-state index is 12.6. The zero-order valence-electron chi connectivity index (χ0n) is 14.1. The average molecular weight is 365 g/mol. The number of benzene rings is 3. The van der Waals surface area contributed by atoms with Crippen molar-refractivity contribution in [2.45, 2.75) is 0 Å². The first-order chi connectivity index (χ1) is 12.6. The second kappa shape index (κ2) is 7.85. The fourth-order valence-electron chi connectivity index (χ4n) is 2.50. The number of hydrogen-bond acceptors (Lipinski definition) is 2. The lowest BCUT2D eigenvalue weighted by atomic mass is 10.1. The van der Waals surface area contributed by atoms with Crippen molar-refractivity contribution in [3.05, 3.63) is 95.0 Å². The van der Waals surface area contributed by atoms with E-state index in [1.807, 2.05) is 30.3 Å². The Morgan fingerprint density at radius 1 is 0.846 bits per heavy atom. The molecule has 0 aliphatic rings. The third-order valence-corrected chi connectivity index (χ3v) is 4.29. The molecular weight excluding hydrogens is 348 g/mol. The van der Waals surface area contributed by atoms with E-state index in [2.05, 4.69) is 5.32 Å². The van der Waals surface area contributed by atoms with Gasteiger partial charge in [0.25, 0.3) is 11.8 Å². The van der Waals surface area contributed by atoms with Gasteiger partial charge in [0.15, 0.2) is 0 Å². The molecule has 3 aromatic rings. The van der Waals surface area contributed by atoms with Crippen LogP contribution in [0.2, 0.25) is 5.02 Å². The molecule has 0 saturated heterocycles. The summed E-state index contributed by atoms with van der Waals surface area (Å²) >= 11 is 6.03. The predicted octanol–water partition coefficient (Wildman–Crippen LogP) is 4.87. The first kappa shape index (κ1) is 17.7. The molecule has 0 bridgehead atoms. The van der Waals surface area contributed by atoms with E-state index in [0.29, 0.717) is 21.8 Å². The lowest BCUT2D eigenvalue weighted by molar-refractivity contribution is 0.0991. The molecule has 4 nitrogen and oxygen atoms in total. The molecule has 26 heavy (non-hydrogen) atoms. The molecule has 3 rings (SSSR count). The number of amides is 2. The smallest absolute Gasteiger partial charge is 0.258 e. The van der Waals surface area contributed by atoms with Crippen molar-refractivity contribution >= 4 is 34.8 Å². The molecule has 0 saturated carbocycles. The van der Waals surface area contributed by atoms with Crippen LogP contribution in [0.4, 0.5) is 11.4 Å². The minimum atomic E-state index is -0.295. The van der Waals surface area contributed by atoms with E-state index in [9.17, 15) is 9.59 Å². The Kier molecular flexibility index (Phi) is 5.34. The zero-order valence-corrected chi connectivity index (χ0v) is 14.9. The Morgan fingerprint density at radius 3 is 2.12 bits per heavy atom. The molecule has 0 atom stereocenters. The van der Waals surface area contributed by atoms with Crippen molar-refractivity contribution in [1.29, 1.82) is 0 Å². The number of anilines is 2. The monoisotopic (exact) mass is 364 g/mol. The molecular formula is C21H17ClN2O2. The van der Waals surface area contributed by atoms with Gasteiger partial charge in [0, 0.05) is 24.0 Å². The van der Waals surface area contributed by atoms with Gasteiger partial charge in [-0.2, -0.15) is 0 Å². The summed E-state index contributed by atoms with van der Waals surface area (Å²) in [4.78, 5) is 26.4. The van der Waals surface area contributed by atoms with Crippen LogP contribution < -0.4 is 10.2 Å². The second-order valence-corrected chi connectivity index (χ2v) is 6.12. The van der Waals surface area contributed by atoms with Gasteiger partial charge in [0.1, 0.15) is 0 Å². The molecule has 2 amide bonds. The van der Waals surface area contributed by atoms with Crippen molar-refractivity contribution < 1.29 is 9.59 Å². The summed E-state index contributed by atoms with van der Waals surface area (Å²) in [6.07, 6.45) is 0. The van der Waals surface area contributed by atoms with Gasteiger partial charge in [-0.15, -0.1) is 0 Å². The summed E-state index contributed by atoms with van der Waals surface area (Å²) in [6.45, 7) is 0. The van der Waals surface area contributed by atoms with E-state index in [-0.39, 0.29) is 11.8 Å². The quantitative estimate of drug-likeness (QED) is 0.718. The van der Waals surface area contributed by atoms with E-state index in [4.69, 9.17) is 11.6 Å². The Hall–Kier alpha value is -3.11. The summed E-state index contributed by atoms with van der Waals surface area (Å²) in [6, 6.07) is 23.0. The van der Waals surface area contributed by atoms with Crippen molar-refractivity contribution in [2.75, 3.05) is 17.3 Å². The molecule has 0 aliphatic heterocycles. The topological polar surface area (TPSA) is 49.4 Å². The van der Waals surface area contributed by atoms with Crippen LogP contribution in [0.1, 0.15) is 20.7 Å². The van der Waals surface area contributed by atoms with Crippen LogP contribution in [0.5, 0.6) is 0 Å². The molecule has 130 valence electrons. The zero-order chi connectivity index (χ0) is 18.5. The van der Waals surface area contributed by atoms with Crippen LogP contribution >= 0.6 is 11.6 Å². The first-order valence-electron chi connectivity index (χ1n) is 8.05. The van der Waals surface area contributed by atoms with Crippen LogP contribution in [0.3, 0.4) is 0 Å². The van der Waals surface area contributed by atoms with Crippen LogP contribution in [-0.4, -0.2) is 18.9 Å². The number of para-hydroxylation sites is 1. The van der Waals surface area contributed by atoms with Gasteiger partial charge in [-0.05, 0) is 48.5 Å². The van der Waals surface area contributed by atoms with Gasteiger partial charge in [0.2, 0.25) is 0 Å². The highest BCUT2D eigenvalue weighted by Crippen LogP contribution is 2.19. The standard InChI is InChI=1S/C21H17ClN2O2/c1-24(17-7-3-2-4-8-17)21(26)15-11-13-16(14-12-15)23-20(25)18-9-5-6-10-19(18)22/h2-14H,1H3,(H,23,25). The minimum Gasteiger partial charge on any atom is -0.322 e. The van der Waals surface area contributed by atoms with Gasteiger partial charge in [-0.1, -0.05) is 41.9 Å². The van der Waals surface area contributed by atoms with Gasteiger partial charge in [-0.3, -0.25) is 9.59 Å². The summed E-state index contributed by atoms with van der Waals surface area (Å²) < 4.78 is 0. The highest BCUT2D eigenvalue weighted by atomic mass is 35.5. The third-order valence-electron chi connectivity index (χ3n) is 3.96. The summed E-state index contributed by atoms with van der Waals surface area (Å²) in [5.41, 5.74) is 2.34. The first-order valence-corrected chi connectivity index (χ1v) is 8.43. The van der Waals surface area contributed by atoms with Crippen LogP contribution in [0.15, 0.2) is 78.9 Å². The van der Waals surface area contributed by atoms with Crippen LogP contribution in [0, 0.1) is 0 Å². The van der Waals surface area contributed by atoms with E-state index < -0.39 is 0 Å². The van der Waals surface area contributed by atoms with Crippen molar-refractivity contribution in [1.82, 2.24) is 0 Å². The fourth-order valence-corrected chi connectivity index (χ4v) is 2.72. The molecule has 0 heterocycles. The molecule has 0 unspecified atom stereocenters. The summed E-state index contributed by atoms with van der Waals surface area (Å²) in [5.74, 6) is -0.420. The van der Waals surface area contributed by atoms with Crippen LogP contribution in [-0.2, 0) is 0 Å². The van der Waals surface area contributed by atoms with Crippen molar-refractivity contribution in [2.24, 2.45) is 0 Å². The largest absolute Gasteiger partial charge is 0.322 e. The minimum absolute atomic E-state index is 0.125. The lowest BCUT2D eigenvalue weighted by Crippen LogP contribution is -2.26. The molecule has 0 aliphatic carbocycles. The van der Waals surface area contributed by atoms with E-state index in [1.54, 1.807) is 60.5 Å². The third kappa shape index (κ3) is 3.92. The molecule has 0 aromatic heterocycles. The Balaban J connectivity index is 1.71. The number of carbonyl (C=O) groups is 2. The molecule has 3 aromatic carbocycles. The van der Waals surface area contributed by atoms with E-state index in [1.165, 1.54) is 0 Å². The van der Waals surface area contributed by atoms with Crippen molar-refractivity contribution in [3.8, 4) is 0 Å². The lowest BCUT2D eigenvalue weighted by Gasteiger charge is -2.17. The summed E-state index contributed by atoms with van der Waals surface area (Å²) in [5, 5.41) is 3.17. The second-order valence-electron chi connectivity index (χ2n) is 5.71. The number of hydrogen-bond donors (Lipinski definition) is 1. The molecule has 0 spiro atoms. The normalized spacial score (nSPS) is 10.2. The van der Waals surface area contributed by atoms with Crippen LogP contribution in [0.25, 0.3) is 0 Å². The number of nitrogens with one attached hydrogen (secondary N) is 1. The molecule has 0 radical (unpaired) electrons. The number of halogens is 1. The van der Waals surface area contributed by atoms with E-state index >= 15 is 0 Å². The maximum absolute atomic E-state index is 12.6. The average Bonchev–Trinajstić information content (AvgIpc) is 2.68. The Labute approximate surface area is 157 Å². The summed E-state index contributed by atoms with van der Waals surface area (Å²) in [7, 11) is 1.73. The molecule has 5 heteroatoms. The van der Waals surface area contributed by atoms with Crippen molar-refractivity contribution in [3.63, 3.8) is 0 Å². The number of carbonyl (C=O) groups excluding carboxylic acids is 2. The highest BCUT2D eigenvalue weighted by molar-refractivity contribution is 6.34. The van der Waals surface area contributed by atoms with Gasteiger partial charge in [0.05, 0.1) is 10.6 Å². The highest BCUT2D eigenvalue weighted by Gasteiger charge is 2.14. The number of nitrogens with zero attached hydrogens (tertiary/aromatic N) is 1. The molecule has 1 N–H and O–H groups in total. The Bertz CT molecular complexity index is 924. The maximum Gasteiger partial charge on any atom is 0.258 e. The van der Waals surface area contributed by atoms with Gasteiger partial charge >= 0.3 is 0 Å². The SMILES string of the molecule is CN(C(=O)c1ccc(NC(=O)c2ccccc2Cl)cc1)c1ccccc1. The fraction of sp³-hybridized carbons (Fsp3) is 0.0476. The number of rotatable bonds is 4.